The molecule has 4 heteroatoms. The van der Waals surface area contributed by atoms with E-state index < -0.39 is 0 Å². The van der Waals surface area contributed by atoms with Gasteiger partial charge >= 0.3 is 0 Å². The molecule has 4 nitrogen and oxygen atoms in total. The Labute approximate surface area is 149 Å². The molecule has 0 bridgehead atoms. The Morgan fingerprint density at radius 3 is 2.76 bits per heavy atom. The highest BCUT2D eigenvalue weighted by Gasteiger charge is 2.24. The van der Waals surface area contributed by atoms with Gasteiger partial charge in [-0.3, -0.25) is 9.69 Å². The monoisotopic (exact) mass is 338 g/mol. The maximum atomic E-state index is 12.3. The number of carbonyl (C=O) groups excluding carboxylic acids is 1. The molecule has 2 aromatic rings. The molecule has 0 fully saturated rings. The van der Waals surface area contributed by atoms with Crippen LogP contribution in [0.5, 0.6) is 5.75 Å². The summed E-state index contributed by atoms with van der Waals surface area (Å²) in [5.41, 5.74) is 3.62. The minimum absolute atomic E-state index is 0.0984. The van der Waals surface area contributed by atoms with Crippen LogP contribution in [0.1, 0.15) is 36.0 Å². The van der Waals surface area contributed by atoms with Gasteiger partial charge in [0.15, 0.2) is 0 Å². The van der Waals surface area contributed by atoms with Crippen LogP contribution < -0.4 is 5.32 Å². The molecule has 0 saturated carbocycles. The van der Waals surface area contributed by atoms with Crippen molar-refractivity contribution in [1.29, 1.82) is 0 Å². The van der Waals surface area contributed by atoms with Gasteiger partial charge in [0.1, 0.15) is 5.75 Å². The van der Waals surface area contributed by atoms with E-state index in [1.807, 2.05) is 30.3 Å². The van der Waals surface area contributed by atoms with Gasteiger partial charge in [0.25, 0.3) is 0 Å². The van der Waals surface area contributed by atoms with Crippen molar-refractivity contribution in [2.75, 3.05) is 13.6 Å². The van der Waals surface area contributed by atoms with E-state index >= 15 is 0 Å². The van der Waals surface area contributed by atoms with E-state index in [9.17, 15) is 9.90 Å². The third kappa shape index (κ3) is 4.40. The smallest absolute Gasteiger partial charge is 0.220 e. The molecule has 25 heavy (non-hydrogen) atoms. The van der Waals surface area contributed by atoms with Crippen LogP contribution in [-0.4, -0.2) is 35.5 Å². The number of carbonyl (C=O) groups is 1. The second kappa shape index (κ2) is 7.70. The Morgan fingerprint density at radius 2 is 2.00 bits per heavy atom. The van der Waals surface area contributed by atoms with Crippen LogP contribution in [0.15, 0.2) is 48.5 Å². The molecule has 0 saturated heterocycles. The Kier molecular flexibility index (Phi) is 5.39. The summed E-state index contributed by atoms with van der Waals surface area (Å²) in [6, 6.07) is 16.0. The minimum Gasteiger partial charge on any atom is -0.508 e. The van der Waals surface area contributed by atoms with Crippen LogP contribution in [0, 0.1) is 0 Å². The van der Waals surface area contributed by atoms with Crippen LogP contribution >= 0.6 is 0 Å². The normalized spacial score (nSPS) is 18.4. The van der Waals surface area contributed by atoms with Gasteiger partial charge in [-0.15, -0.1) is 0 Å². The number of hydrogen-bond donors (Lipinski definition) is 2. The molecule has 0 spiro atoms. The van der Waals surface area contributed by atoms with Crippen molar-refractivity contribution in [3.8, 4) is 5.75 Å². The Balaban J connectivity index is 1.53. The average Bonchev–Trinajstić information content (AvgIpc) is 2.60. The highest BCUT2D eigenvalue weighted by Crippen LogP contribution is 2.25. The third-order valence-electron chi connectivity index (χ3n) is 5.08. The van der Waals surface area contributed by atoms with Crippen molar-refractivity contribution >= 4 is 5.91 Å². The lowest BCUT2D eigenvalue weighted by Gasteiger charge is -2.34. The van der Waals surface area contributed by atoms with Gasteiger partial charge in [0, 0.05) is 25.6 Å². The van der Waals surface area contributed by atoms with E-state index in [1.165, 1.54) is 16.7 Å². The highest BCUT2D eigenvalue weighted by atomic mass is 16.3. The molecule has 0 aliphatic carbocycles. The summed E-state index contributed by atoms with van der Waals surface area (Å²) >= 11 is 0. The van der Waals surface area contributed by atoms with Crippen molar-refractivity contribution < 1.29 is 9.90 Å². The van der Waals surface area contributed by atoms with Crippen molar-refractivity contribution in [3.05, 3.63) is 65.2 Å². The zero-order valence-corrected chi connectivity index (χ0v) is 14.9. The first-order valence-corrected chi connectivity index (χ1v) is 8.85. The first-order valence-electron chi connectivity index (χ1n) is 8.85. The molecule has 0 aromatic heterocycles. The first kappa shape index (κ1) is 17.5. The number of nitrogens with one attached hydrogen (secondary N) is 1. The second-order valence-electron chi connectivity index (χ2n) is 7.05. The molecule has 1 amide bonds. The fourth-order valence-electron chi connectivity index (χ4n) is 3.48. The van der Waals surface area contributed by atoms with Gasteiger partial charge in [0.2, 0.25) is 5.91 Å². The lowest BCUT2D eigenvalue weighted by molar-refractivity contribution is -0.121. The number of aromatic hydroxyl groups is 1. The predicted molar refractivity (Wildman–Crippen MR) is 99.5 cm³/mol. The number of phenolic OH excluding ortho intramolecular Hbond substituents is 1. The molecule has 2 atom stereocenters. The molecular formula is C21H26N2O2. The summed E-state index contributed by atoms with van der Waals surface area (Å²) in [6.45, 7) is 3.53. The molecule has 1 aliphatic rings. The molecule has 2 N–H and O–H groups in total. The molecule has 3 rings (SSSR count). The number of fused-ring (bicyclic) bond motifs is 1. The quantitative estimate of drug-likeness (QED) is 0.881. The van der Waals surface area contributed by atoms with Crippen LogP contribution in [0.3, 0.4) is 0 Å². The number of rotatable bonds is 5. The van der Waals surface area contributed by atoms with E-state index in [-0.39, 0.29) is 17.9 Å². The van der Waals surface area contributed by atoms with Crippen molar-refractivity contribution in [2.45, 2.75) is 38.3 Å². The molecule has 132 valence electrons. The molecule has 0 radical (unpaired) electrons. The summed E-state index contributed by atoms with van der Waals surface area (Å²) in [4.78, 5) is 14.5. The van der Waals surface area contributed by atoms with Gasteiger partial charge in [-0.05, 0) is 48.2 Å². The molecule has 1 aliphatic heterocycles. The molecule has 2 aromatic carbocycles. The molecular weight excluding hydrogens is 312 g/mol. The lowest BCUT2D eigenvalue weighted by Crippen LogP contribution is -2.45. The average molecular weight is 338 g/mol. The number of nitrogens with zero attached hydrogens (tertiary/aromatic N) is 1. The first-order chi connectivity index (χ1) is 12.0. The van der Waals surface area contributed by atoms with E-state index in [2.05, 4.69) is 36.3 Å². The van der Waals surface area contributed by atoms with Crippen molar-refractivity contribution in [2.24, 2.45) is 0 Å². The Hall–Kier alpha value is -2.33. The fourth-order valence-corrected chi connectivity index (χ4v) is 3.48. The third-order valence-corrected chi connectivity index (χ3v) is 5.08. The van der Waals surface area contributed by atoms with E-state index in [0.717, 1.165) is 13.0 Å². The predicted octanol–water partition coefficient (Wildman–Crippen LogP) is 3.06. The van der Waals surface area contributed by atoms with Crippen molar-refractivity contribution in [1.82, 2.24) is 10.2 Å². The standard InChI is InChI=1S/C21H26N2O2/c1-15(16-6-4-3-5-7-16)10-21(25)22-13-19-11-17-8-9-20(24)12-18(17)14-23(19)2/h3-9,12,15,19,24H,10-11,13-14H2,1-2H3,(H,22,25)/t15-,19+/m1/s1. The van der Waals surface area contributed by atoms with Gasteiger partial charge in [0.05, 0.1) is 0 Å². The van der Waals surface area contributed by atoms with E-state index in [4.69, 9.17) is 0 Å². The second-order valence-corrected chi connectivity index (χ2v) is 7.05. The number of phenols is 1. The summed E-state index contributed by atoms with van der Waals surface area (Å²) in [7, 11) is 2.07. The van der Waals surface area contributed by atoms with Crippen molar-refractivity contribution in [3.63, 3.8) is 0 Å². The fraction of sp³-hybridized carbons (Fsp3) is 0.381. The van der Waals surface area contributed by atoms with Crippen LogP contribution in [0.4, 0.5) is 0 Å². The van der Waals surface area contributed by atoms with Crippen LogP contribution in [-0.2, 0) is 17.8 Å². The Bertz CT molecular complexity index is 730. The zero-order valence-electron chi connectivity index (χ0n) is 14.9. The van der Waals surface area contributed by atoms with Crippen LogP contribution in [0.25, 0.3) is 0 Å². The largest absolute Gasteiger partial charge is 0.508 e. The zero-order chi connectivity index (χ0) is 17.8. The molecule has 1 heterocycles. The van der Waals surface area contributed by atoms with Gasteiger partial charge in [-0.1, -0.05) is 43.3 Å². The number of benzene rings is 2. The summed E-state index contributed by atoms with van der Waals surface area (Å²) in [6.07, 6.45) is 1.39. The summed E-state index contributed by atoms with van der Waals surface area (Å²) < 4.78 is 0. The minimum atomic E-state index is 0.0984. The van der Waals surface area contributed by atoms with Gasteiger partial charge < -0.3 is 10.4 Å². The van der Waals surface area contributed by atoms with Crippen LogP contribution in [0.2, 0.25) is 0 Å². The number of amides is 1. The SMILES string of the molecule is C[C@H](CC(=O)NC[C@@H]1Cc2ccc(O)cc2CN1C)c1ccccc1. The maximum absolute atomic E-state index is 12.3. The number of likely N-dealkylation sites (N-methyl/N-ethyl adjacent to an activating group) is 1. The highest BCUT2D eigenvalue weighted by molar-refractivity contribution is 5.76. The Morgan fingerprint density at radius 1 is 1.24 bits per heavy atom. The topological polar surface area (TPSA) is 52.6 Å². The van der Waals surface area contributed by atoms with Gasteiger partial charge in [-0.2, -0.15) is 0 Å². The van der Waals surface area contributed by atoms with E-state index in [1.54, 1.807) is 6.07 Å². The van der Waals surface area contributed by atoms with Gasteiger partial charge in [-0.25, -0.2) is 0 Å². The van der Waals surface area contributed by atoms with E-state index in [0.29, 0.717) is 18.7 Å². The summed E-state index contributed by atoms with van der Waals surface area (Å²) in [5, 5.41) is 12.7. The number of hydrogen-bond acceptors (Lipinski definition) is 3. The summed E-state index contributed by atoms with van der Waals surface area (Å²) in [5.74, 6) is 0.629. The molecule has 0 unspecified atom stereocenters. The maximum Gasteiger partial charge on any atom is 0.220 e. The lowest BCUT2D eigenvalue weighted by atomic mass is 9.94.